The second-order valence-corrected chi connectivity index (χ2v) is 12.3. The lowest BCUT2D eigenvalue weighted by Crippen LogP contribution is -2.19. The van der Waals surface area contributed by atoms with Gasteiger partial charge in [-0.2, -0.15) is 8.42 Å². The normalized spacial score (nSPS) is 9.37. The monoisotopic (exact) mass is 863 g/mol. The van der Waals surface area contributed by atoms with E-state index in [1.807, 2.05) is 48.5 Å². The van der Waals surface area contributed by atoms with Gasteiger partial charge in [0.2, 0.25) is 0 Å². The van der Waals surface area contributed by atoms with E-state index in [2.05, 4.69) is 95.5 Å². The first-order chi connectivity index (χ1) is 27.0. The van der Waals surface area contributed by atoms with E-state index in [1.165, 1.54) is 90.0 Å². The fourth-order valence-corrected chi connectivity index (χ4v) is 3.97. The van der Waals surface area contributed by atoms with E-state index < -0.39 is 31.6 Å². The van der Waals surface area contributed by atoms with E-state index in [0.29, 0.717) is 6.04 Å². The van der Waals surface area contributed by atoms with Gasteiger partial charge in [-0.15, -0.1) is 25.3 Å². The first-order valence-electron chi connectivity index (χ1n) is 17.8. The third-order valence-corrected chi connectivity index (χ3v) is 6.12. The van der Waals surface area contributed by atoms with E-state index in [1.54, 1.807) is 0 Å². The minimum absolute atomic E-state index is 0.595. The Morgan fingerprint density at radius 1 is 0.579 bits per heavy atom. The maximum Gasteiger partial charge on any atom is 0.425 e. The molecule has 3 aromatic rings. The van der Waals surface area contributed by atoms with Crippen LogP contribution in [-0.4, -0.2) is 75.0 Å². The number of benzene rings is 3. The summed E-state index contributed by atoms with van der Waals surface area (Å²) in [6.45, 7) is 12.0. The van der Waals surface area contributed by atoms with Crippen LogP contribution >= 0.6 is 0 Å². The lowest BCUT2D eigenvalue weighted by Gasteiger charge is -2.19. The Bertz CT molecular complexity index is 1510. The van der Waals surface area contributed by atoms with Crippen molar-refractivity contribution in [2.75, 3.05) is 16.4 Å². The predicted octanol–water partition coefficient (Wildman–Crippen LogP) is 8.53. The zero-order valence-corrected chi connectivity index (χ0v) is 36.3. The average molecular weight is 864 g/mol. The van der Waals surface area contributed by atoms with Gasteiger partial charge in [-0.1, -0.05) is 141 Å². The third-order valence-electron chi connectivity index (χ3n) is 6.12. The van der Waals surface area contributed by atoms with Crippen LogP contribution in [0.2, 0.25) is 13.6 Å². The Labute approximate surface area is 346 Å². The first kappa shape index (κ1) is 65.0. The topological polar surface area (TPSA) is 277 Å². The lowest BCUT2D eigenvalue weighted by molar-refractivity contribution is -0.465. The fourth-order valence-electron chi connectivity index (χ4n) is 3.97. The lowest BCUT2D eigenvalue weighted by atomic mass is 10.0. The zero-order chi connectivity index (χ0) is 45.3. The molecule has 0 aliphatic rings. The quantitative estimate of drug-likeness (QED) is 0.0200. The maximum atomic E-state index is 8.74. The molecule has 57 heavy (non-hydrogen) atoms. The standard InChI is InChI=1S/C20H28N2.C8H18.C6H7N.2CH3B.H2O4S.2O3S.H2O3/c1-3-5-10-17(9-4-2)21-19-13-15-20(16-14-19)22-18-11-7-6-8-12-18;1-3-5-7-8-6-4-2;7-6-4-2-1-3-5-6;2*1-2;1-5(2,3)4;2*1-4(2)3;1-3-2/h6-8,11-17,21-22H,3-5,9-10H2,1-2H3;3-8H2,1-2H3;1-5H,7H2;2*1H3;(H2,1,2,3,4);;;1-2H. The minimum Gasteiger partial charge on any atom is -0.399 e. The molecule has 1 atom stereocenters. The van der Waals surface area contributed by atoms with Gasteiger partial charge in [-0.05, 0) is 61.4 Å². The Hall–Kier alpha value is -3.82. The molecule has 0 aliphatic heterocycles. The molecule has 0 fully saturated rings. The second-order valence-electron chi connectivity index (χ2n) is 10.6. The highest BCUT2D eigenvalue weighted by atomic mass is 32.3. The SMILES string of the molecule is CCCCC(CCC)Nc1ccc(Nc2ccccc2)cc1.CCCCCCCC.Nc1ccccc1.O=S(=O)(O)O.O=S(=O)=O.O=S(=O)=O.OOO.[B]C.[B]C. The van der Waals surface area contributed by atoms with Crippen molar-refractivity contribution in [3.63, 3.8) is 0 Å². The molecule has 0 spiro atoms. The Balaban J connectivity index is -0.000000153. The van der Waals surface area contributed by atoms with Gasteiger partial charge in [-0.3, -0.25) is 9.11 Å². The van der Waals surface area contributed by atoms with E-state index in [9.17, 15) is 0 Å². The largest absolute Gasteiger partial charge is 0.425 e. The molecule has 8 N–H and O–H groups in total. The van der Waals surface area contributed by atoms with Crippen molar-refractivity contribution in [2.24, 2.45) is 0 Å². The maximum absolute atomic E-state index is 8.74. The predicted molar refractivity (Wildman–Crippen MR) is 231 cm³/mol. The Morgan fingerprint density at radius 3 is 1.19 bits per heavy atom. The molecule has 0 aromatic heterocycles. The van der Waals surface area contributed by atoms with Gasteiger partial charge in [0.25, 0.3) is 0 Å². The summed E-state index contributed by atoms with van der Waals surface area (Å²) in [5.74, 6) is 0. The molecular formula is C36H63B2N3O13S3. The van der Waals surface area contributed by atoms with Gasteiger partial charge in [0.1, 0.15) is 0 Å². The van der Waals surface area contributed by atoms with Crippen LogP contribution < -0.4 is 16.4 Å². The summed E-state index contributed by atoms with van der Waals surface area (Å²) in [5, 5.41) is 22.6. The van der Waals surface area contributed by atoms with Gasteiger partial charge >= 0.3 is 31.6 Å². The molecule has 0 saturated carbocycles. The van der Waals surface area contributed by atoms with Crippen molar-refractivity contribution < 1.29 is 58.3 Å². The Morgan fingerprint density at radius 2 is 0.895 bits per heavy atom. The number of rotatable bonds is 14. The second kappa shape index (κ2) is 52.2. The highest BCUT2D eigenvalue weighted by molar-refractivity contribution is 7.79. The highest BCUT2D eigenvalue weighted by Crippen LogP contribution is 2.20. The molecule has 3 aromatic carbocycles. The number of nitrogens with one attached hydrogen (secondary N) is 2. The molecule has 0 heterocycles. The molecule has 0 bridgehead atoms. The summed E-state index contributed by atoms with van der Waals surface area (Å²) < 4.78 is 82.2. The number of nitrogen functional groups attached to an aromatic ring is 1. The summed E-state index contributed by atoms with van der Waals surface area (Å²) >= 11 is 0. The summed E-state index contributed by atoms with van der Waals surface area (Å²) in [4.78, 5) is 0. The smallest absolute Gasteiger partial charge is 0.399 e. The van der Waals surface area contributed by atoms with Crippen molar-refractivity contribution in [1.29, 1.82) is 0 Å². The van der Waals surface area contributed by atoms with Crippen LogP contribution in [0.1, 0.15) is 98.3 Å². The molecule has 324 valence electrons. The van der Waals surface area contributed by atoms with Crippen molar-refractivity contribution in [3.8, 4) is 0 Å². The number of anilines is 4. The molecule has 16 nitrogen and oxygen atoms in total. The van der Waals surface area contributed by atoms with Crippen LogP contribution in [0.25, 0.3) is 0 Å². The third kappa shape index (κ3) is 73.9. The molecule has 4 radical (unpaired) electrons. The summed E-state index contributed by atoms with van der Waals surface area (Å²) in [6, 6.07) is 29.0. The Kier molecular flexibility index (Phi) is 59.5. The van der Waals surface area contributed by atoms with Crippen LogP contribution in [0.4, 0.5) is 22.7 Å². The fraction of sp³-hybridized carbons (Fsp3) is 0.500. The van der Waals surface area contributed by atoms with Gasteiger partial charge in [0, 0.05) is 28.8 Å². The van der Waals surface area contributed by atoms with Crippen LogP contribution in [0, 0.1) is 0 Å². The van der Waals surface area contributed by atoms with Crippen LogP contribution in [0.15, 0.2) is 84.9 Å². The van der Waals surface area contributed by atoms with Gasteiger partial charge in [0.15, 0.2) is 0 Å². The number of unbranched alkanes of at least 4 members (excludes halogenated alkanes) is 6. The first-order valence-corrected chi connectivity index (χ1v) is 21.2. The van der Waals surface area contributed by atoms with Crippen LogP contribution in [-0.2, 0) is 36.7 Å². The molecule has 1 unspecified atom stereocenters. The van der Waals surface area contributed by atoms with Crippen LogP contribution in [0.5, 0.6) is 0 Å². The summed E-state index contributed by atoms with van der Waals surface area (Å²) in [7, 11) is -1.89. The van der Waals surface area contributed by atoms with Crippen molar-refractivity contribution >= 4 is 70.1 Å². The van der Waals surface area contributed by atoms with E-state index in [-0.39, 0.29) is 0 Å². The van der Waals surface area contributed by atoms with Crippen molar-refractivity contribution in [3.05, 3.63) is 84.9 Å². The van der Waals surface area contributed by atoms with E-state index >= 15 is 0 Å². The van der Waals surface area contributed by atoms with Crippen molar-refractivity contribution in [2.45, 2.75) is 118 Å². The molecule has 0 aliphatic carbocycles. The van der Waals surface area contributed by atoms with Gasteiger partial charge in [0.05, 0.1) is 15.7 Å². The van der Waals surface area contributed by atoms with E-state index in [0.717, 1.165) is 17.1 Å². The van der Waals surface area contributed by atoms with Crippen LogP contribution in [0.3, 0.4) is 0 Å². The summed E-state index contributed by atoms with van der Waals surface area (Å²) in [5.41, 5.74) is 9.64. The molecule has 0 amide bonds. The molecular weight excluding hydrogens is 800 g/mol. The number of hydrogen-bond donors (Lipinski definition) is 7. The minimum atomic E-state index is -4.67. The van der Waals surface area contributed by atoms with Gasteiger partial charge in [-0.25, -0.2) is 10.5 Å². The van der Waals surface area contributed by atoms with E-state index in [4.69, 9.17) is 59.0 Å². The molecule has 3 rings (SSSR count). The highest BCUT2D eigenvalue weighted by Gasteiger charge is 2.07. The molecule has 0 saturated heterocycles. The zero-order valence-electron chi connectivity index (χ0n) is 33.9. The number of para-hydroxylation sites is 2. The molecule has 21 heteroatoms. The average Bonchev–Trinajstić information content (AvgIpc) is 3.15. The van der Waals surface area contributed by atoms with Crippen molar-refractivity contribution in [1.82, 2.24) is 0 Å². The number of nitrogens with two attached hydrogens (primary N) is 1. The van der Waals surface area contributed by atoms with Gasteiger partial charge < -0.3 is 16.4 Å². The number of hydrogen-bond acceptors (Lipinski definition) is 14. The summed E-state index contributed by atoms with van der Waals surface area (Å²) in [6.07, 6.45) is 14.8.